The monoisotopic (exact) mass is 562 g/mol. The van der Waals surface area contributed by atoms with Crippen LogP contribution in [0.1, 0.15) is 30.5 Å². The van der Waals surface area contributed by atoms with Gasteiger partial charge in [-0.05, 0) is 30.5 Å². The minimum atomic E-state index is -1.76. The summed E-state index contributed by atoms with van der Waals surface area (Å²) in [5, 5.41) is 43.8. The molecule has 2 aromatic rings. The van der Waals surface area contributed by atoms with E-state index in [1.165, 1.54) is 36.8 Å². The number of hydrogen-bond acceptors (Lipinski definition) is 9. The second kappa shape index (κ2) is 14.8. The number of H-pyrrole nitrogens is 1. The maximum Gasteiger partial charge on any atom is 0.326 e. The van der Waals surface area contributed by atoms with Gasteiger partial charge in [-0.2, -0.15) is 0 Å². The van der Waals surface area contributed by atoms with Crippen LogP contribution in [0.2, 0.25) is 0 Å². The Balaban J connectivity index is 2.14. The van der Waals surface area contributed by atoms with Gasteiger partial charge < -0.3 is 47.1 Å². The molecule has 16 nitrogen and oxygen atoms in total. The largest absolute Gasteiger partial charge is 0.508 e. The van der Waals surface area contributed by atoms with Crippen LogP contribution in [0.3, 0.4) is 0 Å². The van der Waals surface area contributed by atoms with Crippen molar-refractivity contribution in [3.05, 3.63) is 48.0 Å². The molecular formula is C24H30N6O10. The number of aromatic nitrogens is 2. The molecule has 0 spiro atoms. The van der Waals surface area contributed by atoms with E-state index in [4.69, 9.17) is 10.8 Å². The number of amides is 3. The van der Waals surface area contributed by atoms with E-state index in [9.17, 15) is 44.1 Å². The highest BCUT2D eigenvalue weighted by Gasteiger charge is 2.32. The lowest BCUT2D eigenvalue weighted by Crippen LogP contribution is -2.57. The summed E-state index contributed by atoms with van der Waals surface area (Å²) in [4.78, 5) is 79.0. The Labute approximate surface area is 227 Å². The Hall–Kier alpha value is -4.99. The highest BCUT2D eigenvalue weighted by atomic mass is 16.4. The minimum Gasteiger partial charge on any atom is -0.508 e. The number of nitrogens with two attached hydrogens (primary N) is 1. The number of hydrogen-bond donors (Lipinski definition) is 9. The second-order valence-electron chi connectivity index (χ2n) is 8.81. The molecule has 0 fully saturated rings. The van der Waals surface area contributed by atoms with E-state index in [0.717, 1.165) is 0 Å². The molecule has 1 heterocycles. The summed E-state index contributed by atoms with van der Waals surface area (Å²) in [5.41, 5.74) is 6.88. The molecule has 4 unspecified atom stereocenters. The first-order chi connectivity index (χ1) is 18.8. The summed E-state index contributed by atoms with van der Waals surface area (Å²) in [6.07, 6.45) is 0.506. The number of carboxylic acid groups (broad SMARTS) is 3. The average Bonchev–Trinajstić information content (AvgIpc) is 3.39. The first-order valence-electron chi connectivity index (χ1n) is 11.9. The number of phenolic OH excluding ortho intramolecular Hbond substituents is 1. The molecule has 4 atom stereocenters. The zero-order chi connectivity index (χ0) is 29.8. The number of aromatic amines is 1. The average molecular weight is 563 g/mol. The van der Waals surface area contributed by atoms with Crippen molar-refractivity contribution in [1.82, 2.24) is 25.9 Å². The molecule has 0 saturated heterocycles. The standard InChI is InChI=1S/C24H30N6O10/c25-15(7-12-1-3-14(31)4-2-12)21(36)28-16(5-6-19(32)33)22(37)29-17(9-20(34)35)23(38)30-18(24(39)40)8-13-10-26-11-27-13/h1-4,10-11,15-18,31H,5-9,25H2,(H,26,27)(H,28,36)(H,29,37)(H,30,38)(H,32,33)(H,34,35)(H,39,40). The third-order valence-corrected chi connectivity index (χ3v) is 5.61. The van der Waals surface area contributed by atoms with E-state index in [1.54, 1.807) is 0 Å². The number of nitrogens with zero attached hydrogens (tertiary/aromatic N) is 1. The molecule has 216 valence electrons. The van der Waals surface area contributed by atoms with Gasteiger partial charge in [0.2, 0.25) is 17.7 Å². The zero-order valence-corrected chi connectivity index (χ0v) is 21.1. The van der Waals surface area contributed by atoms with Crippen LogP contribution in [-0.2, 0) is 41.6 Å². The molecule has 0 saturated carbocycles. The van der Waals surface area contributed by atoms with Crippen molar-refractivity contribution in [2.45, 2.75) is 56.3 Å². The summed E-state index contributed by atoms with van der Waals surface area (Å²) in [5.74, 6) is -7.25. The Morgan fingerprint density at radius 3 is 1.98 bits per heavy atom. The van der Waals surface area contributed by atoms with Gasteiger partial charge in [-0.25, -0.2) is 9.78 Å². The molecule has 0 bridgehead atoms. The summed E-state index contributed by atoms with van der Waals surface area (Å²) in [6, 6.07) is -0.113. The summed E-state index contributed by atoms with van der Waals surface area (Å²) < 4.78 is 0. The van der Waals surface area contributed by atoms with Crippen LogP contribution < -0.4 is 21.7 Å². The van der Waals surface area contributed by atoms with Crippen LogP contribution in [0.5, 0.6) is 5.75 Å². The lowest BCUT2D eigenvalue weighted by molar-refractivity contribution is -0.143. The van der Waals surface area contributed by atoms with Gasteiger partial charge in [0.1, 0.15) is 23.9 Å². The van der Waals surface area contributed by atoms with Crippen LogP contribution >= 0.6 is 0 Å². The predicted molar refractivity (Wildman–Crippen MR) is 135 cm³/mol. The molecule has 40 heavy (non-hydrogen) atoms. The Morgan fingerprint density at radius 1 is 0.825 bits per heavy atom. The van der Waals surface area contributed by atoms with Gasteiger partial charge >= 0.3 is 17.9 Å². The molecule has 0 aliphatic heterocycles. The topological polar surface area (TPSA) is 274 Å². The summed E-state index contributed by atoms with van der Waals surface area (Å²) in [7, 11) is 0. The maximum atomic E-state index is 13.0. The number of carbonyl (C=O) groups is 6. The maximum absolute atomic E-state index is 13.0. The number of aromatic hydroxyl groups is 1. The van der Waals surface area contributed by atoms with Crippen molar-refractivity contribution in [3.63, 3.8) is 0 Å². The molecule has 0 aliphatic rings. The molecule has 16 heteroatoms. The predicted octanol–water partition coefficient (Wildman–Crippen LogP) is -1.89. The van der Waals surface area contributed by atoms with Gasteiger partial charge in [0.05, 0.1) is 18.8 Å². The van der Waals surface area contributed by atoms with Gasteiger partial charge in [0.15, 0.2) is 0 Å². The first kappa shape index (κ1) is 31.2. The molecule has 2 rings (SSSR count). The molecule has 0 radical (unpaired) electrons. The van der Waals surface area contributed by atoms with E-state index in [2.05, 4.69) is 25.9 Å². The third-order valence-electron chi connectivity index (χ3n) is 5.61. The van der Waals surface area contributed by atoms with Gasteiger partial charge in [-0.1, -0.05) is 12.1 Å². The molecule has 1 aromatic heterocycles. The number of aliphatic carboxylic acids is 3. The minimum absolute atomic E-state index is 0.00288. The number of phenols is 1. The van der Waals surface area contributed by atoms with Gasteiger partial charge in [0, 0.05) is 24.7 Å². The Morgan fingerprint density at radius 2 is 1.43 bits per heavy atom. The van der Waals surface area contributed by atoms with Crippen molar-refractivity contribution in [2.24, 2.45) is 5.73 Å². The van der Waals surface area contributed by atoms with Gasteiger partial charge in [0.25, 0.3) is 0 Å². The number of carbonyl (C=O) groups excluding carboxylic acids is 3. The van der Waals surface area contributed by atoms with E-state index in [0.29, 0.717) is 11.3 Å². The Bertz CT molecular complexity index is 1200. The molecule has 0 aliphatic carbocycles. The van der Waals surface area contributed by atoms with Crippen molar-refractivity contribution >= 4 is 35.6 Å². The first-order valence-corrected chi connectivity index (χ1v) is 11.9. The van der Waals surface area contributed by atoms with Crippen LogP contribution in [0, 0.1) is 0 Å². The number of imidazole rings is 1. The lowest BCUT2D eigenvalue weighted by Gasteiger charge is -2.24. The highest BCUT2D eigenvalue weighted by molar-refractivity contribution is 5.95. The number of rotatable bonds is 16. The fourth-order valence-electron chi connectivity index (χ4n) is 3.54. The fraction of sp³-hybridized carbons (Fsp3) is 0.375. The smallest absolute Gasteiger partial charge is 0.326 e. The molecule has 1 aromatic carbocycles. The molecular weight excluding hydrogens is 532 g/mol. The van der Waals surface area contributed by atoms with E-state index in [1.807, 2.05) is 0 Å². The van der Waals surface area contributed by atoms with E-state index >= 15 is 0 Å². The summed E-state index contributed by atoms with van der Waals surface area (Å²) in [6.45, 7) is 0. The normalized spacial score (nSPS) is 13.7. The zero-order valence-electron chi connectivity index (χ0n) is 21.1. The van der Waals surface area contributed by atoms with Crippen molar-refractivity contribution in [1.29, 1.82) is 0 Å². The molecule has 3 amide bonds. The fourth-order valence-corrected chi connectivity index (χ4v) is 3.54. The van der Waals surface area contributed by atoms with Crippen molar-refractivity contribution in [3.8, 4) is 5.75 Å². The highest BCUT2D eigenvalue weighted by Crippen LogP contribution is 2.11. The van der Waals surface area contributed by atoms with E-state index in [-0.39, 0.29) is 18.6 Å². The van der Waals surface area contributed by atoms with E-state index < -0.39 is 79.1 Å². The van der Waals surface area contributed by atoms with Crippen LogP contribution in [0.25, 0.3) is 0 Å². The summed E-state index contributed by atoms with van der Waals surface area (Å²) >= 11 is 0. The molecule has 10 N–H and O–H groups in total. The van der Waals surface area contributed by atoms with Crippen molar-refractivity contribution in [2.75, 3.05) is 0 Å². The SMILES string of the molecule is NC(Cc1ccc(O)cc1)C(=O)NC(CCC(=O)O)C(=O)NC(CC(=O)O)C(=O)NC(Cc1cnc[nH]1)C(=O)O. The third kappa shape index (κ3) is 10.4. The quantitative estimate of drug-likeness (QED) is 0.109. The van der Waals surface area contributed by atoms with Crippen LogP contribution in [-0.4, -0.2) is 90.2 Å². The van der Waals surface area contributed by atoms with Crippen LogP contribution in [0.15, 0.2) is 36.8 Å². The van der Waals surface area contributed by atoms with Crippen LogP contribution in [0.4, 0.5) is 0 Å². The number of benzene rings is 1. The number of carboxylic acids is 3. The van der Waals surface area contributed by atoms with Gasteiger partial charge in [-0.3, -0.25) is 24.0 Å². The van der Waals surface area contributed by atoms with Crippen molar-refractivity contribution < 1.29 is 49.2 Å². The lowest BCUT2D eigenvalue weighted by atomic mass is 10.0. The van der Waals surface area contributed by atoms with Gasteiger partial charge in [-0.15, -0.1) is 0 Å². The Kier molecular flexibility index (Phi) is 11.6. The number of nitrogens with one attached hydrogen (secondary N) is 4. The second-order valence-corrected chi connectivity index (χ2v) is 8.81.